The third-order valence-corrected chi connectivity index (χ3v) is 6.07. The molecule has 0 aliphatic heterocycles. The van der Waals surface area contributed by atoms with Crippen molar-refractivity contribution in [3.63, 3.8) is 0 Å². The van der Waals surface area contributed by atoms with E-state index in [1.807, 2.05) is 30.3 Å². The third-order valence-electron chi connectivity index (χ3n) is 5.77. The summed E-state index contributed by atoms with van der Waals surface area (Å²) in [5.41, 5.74) is 7.16. The van der Waals surface area contributed by atoms with Crippen LogP contribution in [0.1, 0.15) is 38.2 Å². The minimum atomic E-state index is 0.141. The van der Waals surface area contributed by atoms with Crippen molar-refractivity contribution in [3.05, 3.63) is 111 Å². The van der Waals surface area contributed by atoms with Crippen LogP contribution >= 0.6 is 11.6 Å². The van der Waals surface area contributed by atoms with Crippen molar-refractivity contribution in [1.29, 1.82) is 5.26 Å². The molecule has 0 aliphatic carbocycles. The number of nitrogens with zero attached hydrogens (tertiary/aromatic N) is 2. The summed E-state index contributed by atoms with van der Waals surface area (Å²) in [5.74, 6) is 0.754. The molecule has 3 aromatic carbocycles. The molecule has 0 spiro atoms. The summed E-state index contributed by atoms with van der Waals surface area (Å²) in [5, 5.41) is 9.38. The van der Waals surface area contributed by atoms with Gasteiger partial charge in [0.25, 0.3) is 0 Å². The van der Waals surface area contributed by atoms with Gasteiger partial charge in [0.2, 0.25) is 0 Å². The Morgan fingerprint density at radius 1 is 0.943 bits per heavy atom. The van der Waals surface area contributed by atoms with E-state index < -0.39 is 0 Å². The van der Waals surface area contributed by atoms with E-state index in [2.05, 4.69) is 37.0 Å². The molecule has 0 saturated heterocycles. The summed E-state index contributed by atoms with van der Waals surface area (Å²) in [7, 11) is 0. The molecule has 1 aromatic heterocycles. The van der Waals surface area contributed by atoms with Crippen molar-refractivity contribution in [3.8, 4) is 28.7 Å². The van der Waals surface area contributed by atoms with Crippen molar-refractivity contribution in [1.82, 2.24) is 4.98 Å². The molecule has 6 heteroatoms. The predicted octanol–water partition coefficient (Wildman–Crippen LogP) is 6.86. The fraction of sp³-hybridized carbons (Fsp3) is 0.138. The molecule has 0 fully saturated rings. The number of hydrogen-bond donors (Lipinski definition) is 0. The number of aryl methyl sites for hydroxylation is 1. The van der Waals surface area contributed by atoms with E-state index >= 15 is 0 Å². The molecule has 0 amide bonds. The van der Waals surface area contributed by atoms with Gasteiger partial charge in [0, 0.05) is 24.0 Å². The Kier molecular flexibility index (Phi) is 7.45. The maximum Gasteiger partial charge on any atom is 0.153 e. The van der Waals surface area contributed by atoms with E-state index in [1.54, 1.807) is 18.3 Å². The van der Waals surface area contributed by atoms with Crippen molar-refractivity contribution in [2.75, 3.05) is 0 Å². The first-order valence-electron chi connectivity index (χ1n) is 11.0. The Morgan fingerprint density at radius 2 is 1.71 bits per heavy atom. The molecule has 0 unspecified atom stereocenters. The van der Waals surface area contributed by atoms with Gasteiger partial charge in [-0.1, -0.05) is 54.1 Å². The minimum absolute atomic E-state index is 0.141. The van der Waals surface area contributed by atoms with E-state index in [0.29, 0.717) is 46.1 Å². The summed E-state index contributed by atoms with van der Waals surface area (Å²) < 4.78 is 11.9. The van der Waals surface area contributed by atoms with Crippen LogP contribution in [0, 0.1) is 25.2 Å². The average Bonchev–Trinajstić information content (AvgIpc) is 2.88. The smallest absolute Gasteiger partial charge is 0.153 e. The molecule has 4 rings (SSSR count). The second-order valence-corrected chi connectivity index (χ2v) is 8.52. The Balaban J connectivity index is 1.55. The quantitative estimate of drug-likeness (QED) is 0.256. The molecule has 1 heterocycles. The largest absolute Gasteiger partial charge is 0.488 e. The molecule has 0 aliphatic rings. The zero-order valence-corrected chi connectivity index (χ0v) is 20.2. The van der Waals surface area contributed by atoms with Gasteiger partial charge in [0.05, 0.1) is 16.1 Å². The summed E-state index contributed by atoms with van der Waals surface area (Å²) in [6.45, 7) is 4.62. The Hall–Kier alpha value is -4.14. The Bertz CT molecular complexity index is 1430. The fourth-order valence-corrected chi connectivity index (χ4v) is 4.06. The Labute approximate surface area is 209 Å². The molecule has 5 nitrogen and oxygen atoms in total. The highest BCUT2D eigenvalue weighted by Gasteiger charge is 2.13. The first kappa shape index (κ1) is 24.0. The average molecular weight is 483 g/mol. The first-order chi connectivity index (χ1) is 17.0. The van der Waals surface area contributed by atoms with Gasteiger partial charge in [0.15, 0.2) is 6.29 Å². The summed E-state index contributed by atoms with van der Waals surface area (Å²) in [4.78, 5) is 15.6. The van der Waals surface area contributed by atoms with Crippen molar-refractivity contribution >= 4 is 17.9 Å². The number of pyridine rings is 1. The summed E-state index contributed by atoms with van der Waals surface area (Å²) in [6, 6.07) is 21.3. The normalized spacial score (nSPS) is 10.5. The van der Waals surface area contributed by atoms with Gasteiger partial charge < -0.3 is 9.47 Å². The number of halogens is 1. The van der Waals surface area contributed by atoms with Crippen LogP contribution in [0.5, 0.6) is 11.5 Å². The lowest BCUT2D eigenvalue weighted by Crippen LogP contribution is -2.03. The van der Waals surface area contributed by atoms with E-state index in [-0.39, 0.29) is 6.61 Å². The number of carbonyl (C=O) groups excluding carboxylic acids is 1. The maximum absolute atomic E-state index is 11.6. The van der Waals surface area contributed by atoms with Gasteiger partial charge >= 0.3 is 0 Å². The second kappa shape index (κ2) is 10.9. The number of benzene rings is 3. The predicted molar refractivity (Wildman–Crippen MR) is 136 cm³/mol. The number of aldehydes is 1. The zero-order valence-electron chi connectivity index (χ0n) is 19.4. The molecular weight excluding hydrogens is 460 g/mol. The number of ether oxygens (including phenoxy) is 2. The number of rotatable bonds is 8. The number of nitriles is 1. The molecule has 0 bridgehead atoms. The maximum atomic E-state index is 11.6. The molecule has 0 atom stereocenters. The van der Waals surface area contributed by atoms with Crippen LogP contribution < -0.4 is 9.47 Å². The molecule has 4 aromatic rings. The van der Waals surface area contributed by atoms with Crippen LogP contribution in [0.3, 0.4) is 0 Å². The molecule has 35 heavy (non-hydrogen) atoms. The molecule has 0 saturated carbocycles. The van der Waals surface area contributed by atoms with Gasteiger partial charge in [-0.3, -0.25) is 9.78 Å². The highest BCUT2D eigenvalue weighted by atomic mass is 35.5. The van der Waals surface area contributed by atoms with Crippen LogP contribution in [0.15, 0.2) is 73.1 Å². The van der Waals surface area contributed by atoms with E-state index in [1.165, 1.54) is 23.4 Å². The van der Waals surface area contributed by atoms with Gasteiger partial charge in [-0.05, 0) is 53.8 Å². The number of carbonyl (C=O) groups is 1. The molecule has 0 N–H and O–H groups in total. The lowest BCUT2D eigenvalue weighted by atomic mass is 9.94. The fourth-order valence-electron chi connectivity index (χ4n) is 3.83. The van der Waals surface area contributed by atoms with Gasteiger partial charge in [-0.25, -0.2) is 0 Å². The van der Waals surface area contributed by atoms with Gasteiger partial charge in [-0.15, -0.1) is 0 Å². The van der Waals surface area contributed by atoms with E-state index in [4.69, 9.17) is 26.3 Å². The van der Waals surface area contributed by atoms with E-state index in [9.17, 15) is 4.79 Å². The minimum Gasteiger partial charge on any atom is -0.488 e. The zero-order chi connectivity index (χ0) is 24.8. The highest BCUT2D eigenvalue weighted by molar-refractivity contribution is 6.32. The number of hydrogen-bond acceptors (Lipinski definition) is 5. The van der Waals surface area contributed by atoms with Crippen molar-refractivity contribution in [2.45, 2.75) is 27.1 Å². The lowest BCUT2D eigenvalue weighted by Gasteiger charge is -2.16. The molecule has 0 radical (unpaired) electrons. The van der Waals surface area contributed by atoms with Gasteiger partial charge in [-0.2, -0.15) is 5.26 Å². The molecule has 174 valence electrons. The summed E-state index contributed by atoms with van der Waals surface area (Å²) >= 11 is 6.41. The van der Waals surface area contributed by atoms with Crippen LogP contribution in [-0.4, -0.2) is 11.3 Å². The van der Waals surface area contributed by atoms with Crippen LogP contribution in [0.2, 0.25) is 5.02 Å². The monoisotopic (exact) mass is 482 g/mol. The SMILES string of the molecule is Cc1ccccc1-c1cccc(COc2cc(OCc3cncc(C#N)c3)c(C=O)cc2Cl)c1C. The second-order valence-electron chi connectivity index (χ2n) is 8.11. The van der Waals surface area contributed by atoms with E-state index in [0.717, 1.165) is 16.7 Å². The summed E-state index contributed by atoms with van der Waals surface area (Å²) in [6.07, 6.45) is 3.77. The molecular formula is C29H23ClN2O3. The van der Waals surface area contributed by atoms with Crippen molar-refractivity contribution < 1.29 is 14.3 Å². The number of aromatic nitrogens is 1. The highest BCUT2D eigenvalue weighted by Crippen LogP contribution is 2.34. The lowest BCUT2D eigenvalue weighted by molar-refractivity contribution is 0.111. The van der Waals surface area contributed by atoms with Gasteiger partial charge in [0.1, 0.15) is 30.8 Å². The topological polar surface area (TPSA) is 72.2 Å². The standard InChI is InChI=1S/C29H23ClN2O3/c1-19-6-3-4-8-25(19)26-9-5-7-23(20(26)2)18-35-29-12-28(24(16-33)11-27(29)30)34-17-22-10-21(13-31)14-32-15-22/h3-12,14-16H,17-18H2,1-2H3. The van der Waals surface area contributed by atoms with Crippen molar-refractivity contribution in [2.24, 2.45) is 0 Å². The first-order valence-corrected chi connectivity index (χ1v) is 11.4. The van der Waals surface area contributed by atoms with Crippen LogP contribution in [-0.2, 0) is 13.2 Å². The Morgan fingerprint density at radius 3 is 2.49 bits per heavy atom. The van der Waals surface area contributed by atoms with Crippen LogP contribution in [0.25, 0.3) is 11.1 Å². The third kappa shape index (κ3) is 5.51. The van der Waals surface area contributed by atoms with Crippen LogP contribution in [0.4, 0.5) is 0 Å².